The predicted octanol–water partition coefficient (Wildman–Crippen LogP) is 3.09. The van der Waals surface area contributed by atoms with Crippen molar-refractivity contribution in [1.29, 1.82) is 0 Å². The van der Waals surface area contributed by atoms with Gasteiger partial charge in [-0.3, -0.25) is 9.79 Å². The molecule has 0 unspecified atom stereocenters. The van der Waals surface area contributed by atoms with E-state index in [0.29, 0.717) is 17.8 Å². The van der Waals surface area contributed by atoms with Crippen molar-refractivity contribution in [3.63, 3.8) is 0 Å². The minimum Gasteiger partial charge on any atom is -0.357 e. The molecule has 0 aromatic carbocycles. The SMILES string of the molecule is CCNC(=NCCNC(=O)C(C)C)N1CCSC2(CCCCC2)C1.I. The number of nitrogens with zero attached hydrogens (tertiary/aromatic N) is 2. The summed E-state index contributed by atoms with van der Waals surface area (Å²) in [5.74, 6) is 2.34. The fourth-order valence-electron chi connectivity index (χ4n) is 3.50. The van der Waals surface area contributed by atoms with Gasteiger partial charge in [-0.1, -0.05) is 33.1 Å². The van der Waals surface area contributed by atoms with Gasteiger partial charge in [-0.15, -0.1) is 24.0 Å². The highest BCUT2D eigenvalue weighted by Crippen LogP contribution is 2.42. The highest BCUT2D eigenvalue weighted by Gasteiger charge is 2.38. The number of carbonyl (C=O) groups is 1. The number of amides is 1. The second kappa shape index (κ2) is 11.5. The maximum atomic E-state index is 11.6. The Morgan fingerprint density at radius 2 is 1.96 bits per heavy atom. The summed E-state index contributed by atoms with van der Waals surface area (Å²) in [6, 6.07) is 0. The van der Waals surface area contributed by atoms with E-state index in [2.05, 4.69) is 34.2 Å². The van der Waals surface area contributed by atoms with Crippen LogP contribution in [0, 0.1) is 5.92 Å². The molecule has 0 bridgehead atoms. The van der Waals surface area contributed by atoms with E-state index in [-0.39, 0.29) is 35.8 Å². The van der Waals surface area contributed by atoms with Crippen molar-refractivity contribution in [2.45, 2.75) is 57.6 Å². The molecule has 0 atom stereocenters. The van der Waals surface area contributed by atoms with Crippen LogP contribution in [-0.2, 0) is 4.79 Å². The van der Waals surface area contributed by atoms with Crippen molar-refractivity contribution >= 4 is 47.6 Å². The van der Waals surface area contributed by atoms with E-state index < -0.39 is 0 Å². The molecule has 1 saturated carbocycles. The number of hydrogen-bond acceptors (Lipinski definition) is 3. The molecule has 2 N–H and O–H groups in total. The molecule has 25 heavy (non-hydrogen) atoms. The Labute approximate surface area is 174 Å². The molecule has 2 aliphatic rings. The monoisotopic (exact) mass is 482 g/mol. The fourth-order valence-corrected chi connectivity index (χ4v) is 5.06. The van der Waals surface area contributed by atoms with Crippen molar-refractivity contribution in [2.75, 3.05) is 38.5 Å². The van der Waals surface area contributed by atoms with E-state index in [1.54, 1.807) is 0 Å². The van der Waals surface area contributed by atoms with Crippen molar-refractivity contribution in [3.8, 4) is 0 Å². The summed E-state index contributed by atoms with van der Waals surface area (Å²) >= 11 is 2.18. The molecular weight excluding hydrogens is 447 g/mol. The molecule has 0 aromatic heterocycles. The van der Waals surface area contributed by atoms with Gasteiger partial charge in [0, 0.05) is 42.6 Å². The second-order valence-corrected chi connectivity index (χ2v) is 8.76. The summed E-state index contributed by atoms with van der Waals surface area (Å²) < 4.78 is 0.443. The number of thioether (sulfide) groups is 1. The summed E-state index contributed by atoms with van der Waals surface area (Å²) in [6.07, 6.45) is 6.83. The van der Waals surface area contributed by atoms with Crippen LogP contribution in [0.15, 0.2) is 4.99 Å². The molecule has 146 valence electrons. The zero-order valence-electron chi connectivity index (χ0n) is 16.0. The molecule has 2 fully saturated rings. The van der Waals surface area contributed by atoms with Gasteiger partial charge in [-0.25, -0.2) is 0 Å². The summed E-state index contributed by atoms with van der Waals surface area (Å²) in [4.78, 5) is 18.8. The Morgan fingerprint density at radius 1 is 1.24 bits per heavy atom. The molecule has 1 spiro atoms. The molecule has 1 aliphatic heterocycles. The lowest BCUT2D eigenvalue weighted by atomic mass is 9.87. The molecule has 0 radical (unpaired) electrons. The van der Waals surface area contributed by atoms with Gasteiger partial charge in [0.15, 0.2) is 5.96 Å². The Kier molecular flexibility index (Phi) is 10.5. The van der Waals surface area contributed by atoms with Gasteiger partial charge in [-0.2, -0.15) is 11.8 Å². The summed E-state index contributed by atoms with van der Waals surface area (Å²) in [7, 11) is 0. The first kappa shape index (κ1) is 22.9. The zero-order valence-corrected chi connectivity index (χ0v) is 19.1. The molecule has 1 aliphatic carbocycles. The fraction of sp³-hybridized carbons (Fsp3) is 0.889. The van der Waals surface area contributed by atoms with E-state index in [9.17, 15) is 4.79 Å². The summed E-state index contributed by atoms with van der Waals surface area (Å²) in [5.41, 5.74) is 0. The third kappa shape index (κ3) is 7.15. The third-order valence-corrected chi connectivity index (χ3v) is 6.38. The maximum absolute atomic E-state index is 11.6. The smallest absolute Gasteiger partial charge is 0.222 e. The number of aliphatic imine (C=N–C) groups is 1. The number of nitrogens with one attached hydrogen (secondary N) is 2. The molecule has 7 heteroatoms. The number of hydrogen-bond donors (Lipinski definition) is 2. The van der Waals surface area contributed by atoms with Gasteiger partial charge < -0.3 is 15.5 Å². The number of guanidine groups is 1. The van der Waals surface area contributed by atoms with Crippen LogP contribution in [0.4, 0.5) is 0 Å². The standard InChI is InChI=1S/C18H34N4OS.HI/c1-4-19-17(21-11-10-20-16(23)15(2)3)22-12-13-24-18(14-22)8-6-5-7-9-18;/h15H,4-14H2,1-3H3,(H,19,21)(H,20,23);1H. The molecule has 5 nitrogen and oxygen atoms in total. The highest BCUT2D eigenvalue weighted by molar-refractivity contribution is 14.0. The first-order valence-corrected chi connectivity index (χ1v) is 10.5. The van der Waals surface area contributed by atoms with E-state index >= 15 is 0 Å². The molecule has 1 heterocycles. The van der Waals surface area contributed by atoms with Crippen LogP contribution in [0.25, 0.3) is 0 Å². The van der Waals surface area contributed by atoms with Crippen LogP contribution in [0.1, 0.15) is 52.9 Å². The van der Waals surface area contributed by atoms with Crippen molar-refractivity contribution in [1.82, 2.24) is 15.5 Å². The summed E-state index contributed by atoms with van der Waals surface area (Å²) in [6.45, 7) is 10.3. The first-order chi connectivity index (χ1) is 11.6. The van der Waals surface area contributed by atoms with E-state index in [4.69, 9.17) is 4.99 Å². The highest BCUT2D eigenvalue weighted by atomic mass is 127. The molecule has 1 amide bonds. The average molecular weight is 482 g/mol. The van der Waals surface area contributed by atoms with Crippen molar-refractivity contribution in [2.24, 2.45) is 10.9 Å². The quantitative estimate of drug-likeness (QED) is 0.274. The van der Waals surface area contributed by atoms with Gasteiger partial charge in [0.25, 0.3) is 0 Å². The minimum atomic E-state index is 0. The van der Waals surface area contributed by atoms with Crippen LogP contribution in [0.2, 0.25) is 0 Å². The van der Waals surface area contributed by atoms with Crippen LogP contribution in [0.3, 0.4) is 0 Å². The Bertz CT molecular complexity index is 433. The third-order valence-electron chi connectivity index (χ3n) is 4.84. The lowest BCUT2D eigenvalue weighted by Gasteiger charge is -2.45. The van der Waals surface area contributed by atoms with Gasteiger partial charge in [0.1, 0.15) is 0 Å². The van der Waals surface area contributed by atoms with E-state index in [0.717, 1.165) is 25.6 Å². The van der Waals surface area contributed by atoms with Crippen molar-refractivity contribution in [3.05, 3.63) is 0 Å². The number of rotatable bonds is 5. The van der Waals surface area contributed by atoms with Crippen LogP contribution in [-0.4, -0.2) is 60.0 Å². The molecular formula is C18H35IN4OS. The van der Waals surface area contributed by atoms with Gasteiger partial charge in [0.05, 0.1) is 6.54 Å². The Hall–Kier alpha value is -0.180. The second-order valence-electron chi connectivity index (χ2n) is 7.20. The van der Waals surface area contributed by atoms with Crippen molar-refractivity contribution < 1.29 is 4.79 Å². The normalized spacial score (nSPS) is 20.3. The van der Waals surface area contributed by atoms with Crippen LogP contribution in [0.5, 0.6) is 0 Å². The number of carbonyl (C=O) groups excluding carboxylic acids is 1. The lowest BCUT2D eigenvalue weighted by Crippen LogP contribution is -2.53. The van der Waals surface area contributed by atoms with Gasteiger partial charge >= 0.3 is 0 Å². The van der Waals surface area contributed by atoms with Crippen LogP contribution < -0.4 is 10.6 Å². The summed E-state index contributed by atoms with van der Waals surface area (Å²) in [5, 5.41) is 6.38. The Morgan fingerprint density at radius 3 is 2.60 bits per heavy atom. The molecule has 0 aromatic rings. The van der Waals surface area contributed by atoms with E-state index in [1.807, 2.05) is 13.8 Å². The maximum Gasteiger partial charge on any atom is 0.222 e. The molecule has 2 rings (SSSR count). The minimum absolute atomic E-state index is 0. The first-order valence-electron chi connectivity index (χ1n) is 9.51. The zero-order chi connectivity index (χ0) is 17.4. The Balaban J connectivity index is 0.00000312. The topological polar surface area (TPSA) is 56.7 Å². The largest absolute Gasteiger partial charge is 0.357 e. The lowest BCUT2D eigenvalue weighted by molar-refractivity contribution is -0.123. The molecule has 1 saturated heterocycles. The van der Waals surface area contributed by atoms with Gasteiger partial charge in [-0.05, 0) is 19.8 Å². The van der Waals surface area contributed by atoms with E-state index in [1.165, 1.54) is 37.9 Å². The average Bonchev–Trinajstić information content (AvgIpc) is 2.58. The van der Waals surface area contributed by atoms with Crippen LogP contribution >= 0.6 is 35.7 Å². The number of halogens is 1. The predicted molar refractivity (Wildman–Crippen MR) is 119 cm³/mol. The van der Waals surface area contributed by atoms with Gasteiger partial charge in [0.2, 0.25) is 5.91 Å².